The molecule has 0 aromatic carbocycles. The Kier molecular flexibility index (Phi) is 4.47. The standard InChI is InChI=1S/C9H12N5O6PS/c1-20-13-6(5-3-22-9(10)12-5)7(15)11-4-2-14(8(4)16)21(17,18)19/h3-4H,2H2,1H3,(H2,10,12)(H,11,15)(H2,17,18,19). The van der Waals surface area contributed by atoms with E-state index in [0.717, 1.165) is 11.3 Å². The van der Waals surface area contributed by atoms with Crippen LogP contribution in [0.5, 0.6) is 0 Å². The minimum Gasteiger partial charge on any atom is -0.398 e. The fourth-order valence-electron chi connectivity index (χ4n) is 1.67. The van der Waals surface area contributed by atoms with Gasteiger partial charge in [0.1, 0.15) is 18.8 Å². The summed E-state index contributed by atoms with van der Waals surface area (Å²) in [7, 11) is -3.42. The van der Waals surface area contributed by atoms with Gasteiger partial charge in [-0.1, -0.05) is 5.16 Å². The predicted molar refractivity (Wildman–Crippen MR) is 75.8 cm³/mol. The molecule has 120 valence electrons. The van der Waals surface area contributed by atoms with E-state index >= 15 is 0 Å². The highest BCUT2D eigenvalue weighted by Gasteiger charge is 2.47. The number of amides is 2. The highest BCUT2D eigenvalue weighted by atomic mass is 32.1. The third kappa shape index (κ3) is 3.25. The van der Waals surface area contributed by atoms with Gasteiger partial charge in [0.25, 0.3) is 11.8 Å². The van der Waals surface area contributed by atoms with Gasteiger partial charge in [0.05, 0.1) is 6.54 Å². The lowest BCUT2D eigenvalue weighted by atomic mass is 10.1. The van der Waals surface area contributed by atoms with Crippen molar-refractivity contribution in [2.45, 2.75) is 6.04 Å². The third-order valence-corrected chi connectivity index (χ3v) is 4.35. The molecule has 2 heterocycles. The number of anilines is 1. The van der Waals surface area contributed by atoms with E-state index in [1.54, 1.807) is 0 Å². The highest BCUT2D eigenvalue weighted by Crippen LogP contribution is 2.44. The van der Waals surface area contributed by atoms with Crippen molar-refractivity contribution in [2.75, 3.05) is 19.4 Å². The van der Waals surface area contributed by atoms with Crippen LogP contribution in [-0.4, -0.2) is 56.7 Å². The molecule has 1 fully saturated rings. The molecule has 1 aromatic rings. The van der Waals surface area contributed by atoms with E-state index in [1.807, 2.05) is 0 Å². The summed E-state index contributed by atoms with van der Waals surface area (Å²) >= 11 is 1.09. The van der Waals surface area contributed by atoms with Crippen LogP contribution in [-0.2, 0) is 19.0 Å². The number of nitrogens with zero attached hydrogens (tertiary/aromatic N) is 3. The molecule has 5 N–H and O–H groups in total. The van der Waals surface area contributed by atoms with Crippen LogP contribution >= 0.6 is 19.1 Å². The summed E-state index contributed by atoms with van der Waals surface area (Å²) in [5.41, 5.74) is 5.44. The average molecular weight is 349 g/mol. The number of carbonyl (C=O) groups excluding carboxylic acids is 2. The summed E-state index contributed by atoms with van der Waals surface area (Å²) in [5.74, 6) is -1.65. The maximum absolute atomic E-state index is 12.1. The second kappa shape index (κ2) is 6.01. The monoisotopic (exact) mass is 349 g/mol. The minimum atomic E-state index is -4.65. The number of nitrogen functional groups attached to an aromatic ring is 1. The van der Waals surface area contributed by atoms with Crippen LogP contribution < -0.4 is 11.1 Å². The Morgan fingerprint density at radius 3 is 2.82 bits per heavy atom. The molecule has 1 aliphatic rings. The maximum Gasteiger partial charge on any atom is 0.432 e. The van der Waals surface area contributed by atoms with Gasteiger partial charge in [-0.3, -0.25) is 9.59 Å². The second-order valence-corrected chi connectivity index (χ2v) is 6.55. The molecular formula is C9H12N5O6PS. The number of aromatic nitrogens is 1. The number of rotatable bonds is 5. The molecule has 1 atom stereocenters. The molecule has 13 heteroatoms. The van der Waals surface area contributed by atoms with Crippen LogP contribution in [0.3, 0.4) is 0 Å². The Balaban J connectivity index is 2.07. The molecule has 1 unspecified atom stereocenters. The number of nitrogens with two attached hydrogens (primary N) is 1. The van der Waals surface area contributed by atoms with Gasteiger partial charge in [0.2, 0.25) is 0 Å². The number of carbonyl (C=O) groups is 2. The van der Waals surface area contributed by atoms with E-state index in [4.69, 9.17) is 15.5 Å². The molecule has 2 rings (SSSR count). The molecule has 22 heavy (non-hydrogen) atoms. The summed E-state index contributed by atoms with van der Waals surface area (Å²) in [4.78, 5) is 49.8. The number of β-lactam (4-membered cyclic amide) rings is 1. The summed E-state index contributed by atoms with van der Waals surface area (Å²) in [5, 5.41) is 7.53. The topological polar surface area (TPSA) is 167 Å². The van der Waals surface area contributed by atoms with Gasteiger partial charge in [-0.2, -0.15) is 0 Å². The summed E-state index contributed by atoms with van der Waals surface area (Å²) in [6.45, 7) is -0.297. The summed E-state index contributed by atoms with van der Waals surface area (Å²) < 4.78 is 11.3. The Bertz CT molecular complexity index is 684. The van der Waals surface area contributed by atoms with Crippen molar-refractivity contribution in [3.8, 4) is 0 Å². The molecule has 1 saturated heterocycles. The third-order valence-electron chi connectivity index (χ3n) is 2.69. The van der Waals surface area contributed by atoms with Crippen LogP contribution in [0.15, 0.2) is 10.5 Å². The Hall–Kier alpha value is -2.01. The lowest BCUT2D eigenvalue weighted by Crippen LogP contribution is -2.63. The maximum atomic E-state index is 12.1. The molecule has 0 saturated carbocycles. The van der Waals surface area contributed by atoms with Gasteiger partial charge in [-0.05, 0) is 0 Å². The number of thiazole rings is 1. The van der Waals surface area contributed by atoms with Crippen LogP contribution in [0.1, 0.15) is 5.69 Å². The molecular weight excluding hydrogens is 337 g/mol. The van der Waals surface area contributed by atoms with Gasteiger partial charge in [-0.15, -0.1) is 11.3 Å². The average Bonchev–Trinajstić information content (AvgIpc) is 2.84. The first-order valence-corrected chi connectivity index (χ1v) is 8.19. The van der Waals surface area contributed by atoms with Crippen molar-refractivity contribution >= 4 is 41.7 Å². The van der Waals surface area contributed by atoms with Crippen LogP contribution in [0.25, 0.3) is 0 Å². The normalized spacial score (nSPS) is 18.9. The molecule has 0 spiro atoms. The van der Waals surface area contributed by atoms with Crippen LogP contribution in [0, 0.1) is 0 Å². The predicted octanol–water partition coefficient (Wildman–Crippen LogP) is -1.50. The van der Waals surface area contributed by atoms with E-state index in [2.05, 4.69) is 20.3 Å². The smallest absolute Gasteiger partial charge is 0.398 e. The highest BCUT2D eigenvalue weighted by molar-refractivity contribution is 7.50. The molecule has 1 aromatic heterocycles. The van der Waals surface area contributed by atoms with Gasteiger partial charge < -0.3 is 25.7 Å². The molecule has 0 radical (unpaired) electrons. The number of nitrogens with one attached hydrogen (secondary N) is 1. The van der Waals surface area contributed by atoms with Gasteiger partial charge in [0, 0.05) is 5.38 Å². The van der Waals surface area contributed by atoms with Crippen molar-refractivity contribution in [3.63, 3.8) is 0 Å². The van der Waals surface area contributed by atoms with Crippen molar-refractivity contribution < 1.29 is 28.8 Å². The first kappa shape index (κ1) is 16.4. The molecule has 0 bridgehead atoms. The van der Waals surface area contributed by atoms with E-state index in [0.29, 0.717) is 4.67 Å². The largest absolute Gasteiger partial charge is 0.432 e. The lowest BCUT2D eigenvalue weighted by molar-refractivity contribution is -0.140. The van der Waals surface area contributed by atoms with Gasteiger partial charge in [-0.25, -0.2) is 14.2 Å². The van der Waals surface area contributed by atoms with Crippen LogP contribution in [0.2, 0.25) is 0 Å². The van der Waals surface area contributed by atoms with Crippen molar-refractivity contribution in [2.24, 2.45) is 5.16 Å². The SMILES string of the molecule is CON=C(C(=O)NC1CN(P(=O)(O)O)C1=O)c1csc(N)n1. The Morgan fingerprint density at radius 2 is 2.36 bits per heavy atom. The molecule has 1 aliphatic heterocycles. The first-order chi connectivity index (χ1) is 10.2. The number of hydrogen-bond donors (Lipinski definition) is 4. The van der Waals surface area contributed by atoms with Crippen LogP contribution in [0.4, 0.5) is 5.13 Å². The quantitative estimate of drug-likeness (QED) is 0.215. The zero-order valence-corrected chi connectivity index (χ0v) is 12.9. The van der Waals surface area contributed by atoms with Crippen molar-refractivity contribution in [1.82, 2.24) is 15.0 Å². The number of hydrogen-bond acceptors (Lipinski definition) is 8. The minimum absolute atomic E-state index is 0.167. The fourth-order valence-corrected chi connectivity index (χ4v) is 2.99. The molecule has 0 aliphatic carbocycles. The van der Waals surface area contributed by atoms with Crippen molar-refractivity contribution in [1.29, 1.82) is 0 Å². The molecule has 11 nitrogen and oxygen atoms in total. The Morgan fingerprint density at radius 1 is 1.68 bits per heavy atom. The zero-order valence-electron chi connectivity index (χ0n) is 11.2. The van der Waals surface area contributed by atoms with Crippen molar-refractivity contribution in [3.05, 3.63) is 11.1 Å². The fraction of sp³-hybridized carbons (Fsp3) is 0.333. The van der Waals surface area contributed by atoms with Gasteiger partial charge in [0.15, 0.2) is 10.8 Å². The van der Waals surface area contributed by atoms with Gasteiger partial charge >= 0.3 is 7.75 Å². The first-order valence-electron chi connectivity index (χ1n) is 5.75. The summed E-state index contributed by atoms with van der Waals surface area (Å²) in [6.07, 6.45) is 0. The molecule has 2 amide bonds. The zero-order chi connectivity index (χ0) is 16.5. The van der Waals surface area contributed by atoms with E-state index in [9.17, 15) is 14.2 Å². The van der Waals surface area contributed by atoms with E-state index in [1.165, 1.54) is 12.5 Å². The number of oxime groups is 1. The lowest BCUT2D eigenvalue weighted by Gasteiger charge is -2.37. The second-order valence-electron chi connectivity index (χ2n) is 4.15. The van der Waals surface area contributed by atoms with E-state index < -0.39 is 25.6 Å². The Labute approximate surface area is 128 Å². The summed E-state index contributed by atoms with van der Waals surface area (Å²) in [6, 6.07) is -1.04. The van der Waals surface area contributed by atoms with E-state index in [-0.39, 0.29) is 23.1 Å².